The molecule has 0 aromatic heterocycles. The largest absolute Gasteiger partial charge is 0.416 e. The van der Waals surface area contributed by atoms with Crippen LogP contribution in [0.5, 0.6) is 0 Å². The van der Waals surface area contributed by atoms with E-state index in [1.54, 1.807) is 13.8 Å². The molecule has 0 saturated carbocycles. The Balaban J connectivity index is 1.82. The molecule has 0 aliphatic carbocycles. The van der Waals surface area contributed by atoms with E-state index in [-0.39, 0.29) is 27.9 Å². The minimum Gasteiger partial charge on any atom is -0.343 e. The van der Waals surface area contributed by atoms with Crippen molar-refractivity contribution in [2.45, 2.75) is 62.6 Å². The molecule has 3 unspecified atom stereocenters. The zero-order valence-corrected chi connectivity index (χ0v) is 24.5. The van der Waals surface area contributed by atoms with Crippen LogP contribution in [0.25, 0.3) is 0 Å². The lowest BCUT2D eigenvalue weighted by Crippen LogP contribution is -2.76. The Morgan fingerprint density at radius 3 is 2.22 bits per heavy atom. The van der Waals surface area contributed by atoms with Crippen molar-refractivity contribution in [3.05, 3.63) is 63.6 Å². The highest BCUT2D eigenvalue weighted by molar-refractivity contribution is 7.89. The van der Waals surface area contributed by atoms with Crippen molar-refractivity contribution in [1.82, 2.24) is 19.4 Å². The van der Waals surface area contributed by atoms with Gasteiger partial charge in [0.05, 0.1) is 17.1 Å². The van der Waals surface area contributed by atoms with Gasteiger partial charge in [-0.1, -0.05) is 35.3 Å². The van der Waals surface area contributed by atoms with Crippen LogP contribution in [-0.4, -0.2) is 77.6 Å². The number of benzene rings is 2. The average Bonchev–Trinajstić information content (AvgIpc) is 2.86. The third kappa shape index (κ3) is 6.18. The van der Waals surface area contributed by atoms with Crippen molar-refractivity contribution in [3.63, 3.8) is 0 Å². The quantitative estimate of drug-likeness (QED) is 0.523. The number of alkyl halides is 3. The molecule has 4 rings (SSSR count). The first-order valence-electron chi connectivity index (χ1n) is 12.5. The topological polar surface area (TPSA) is 107 Å². The van der Waals surface area contributed by atoms with Crippen LogP contribution in [0, 0.1) is 0 Å². The maximum atomic E-state index is 14.0. The molecule has 2 saturated heterocycles. The maximum Gasteiger partial charge on any atom is 0.416 e. The van der Waals surface area contributed by atoms with Crippen molar-refractivity contribution in [2.24, 2.45) is 0 Å². The number of fused-ring (bicyclic) bond motifs is 1. The predicted octanol–water partition coefficient (Wildman–Crippen LogP) is 3.54. The van der Waals surface area contributed by atoms with E-state index in [1.165, 1.54) is 35.2 Å². The molecule has 3 amide bonds. The fraction of sp³-hybridized carbons (Fsp3) is 0.423. The molecule has 2 aliphatic heterocycles. The van der Waals surface area contributed by atoms with Gasteiger partial charge in [-0.05, 0) is 49.7 Å². The molecule has 222 valence electrons. The van der Waals surface area contributed by atoms with Crippen LogP contribution in [-0.2, 0) is 37.0 Å². The van der Waals surface area contributed by atoms with E-state index in [1.807, 2.05) is 0 Å². The van der Waals surface area contributed by atoms with E-state index in [4.69, 9.17) is 23.2 Å². The standard InChI is InChI=1S/C26H27Cl2F3N4O5S/c1-14(2)33-13-23-34(41(39,40)22-9-8-18(27)11-19(22)28)12-20(32-15(3)36)24(37)35(23)21(25(33)38)10-16-4-6-17(7-5-16)26(29,30)31/h4-9,11,14,20-21,23H,10,12-13H2,1-3H3,(H,32,36). The van der Waals surface area contributed by atoms with Gasteiger partial charge in [0.25, 0.3) is 0 Å². The monoisotopic (exact) mass is 634 g/mol. The van der Waals surface area contributed by atoms with Crippen molar-refractivity contribution >= 4 is 50.9 Å². The van der Waals surface area contributed by atoms with Crippen molar-refractivity contribution in [3.8, 4) is 0 Å². The van der Waals surface area contributed by atoms with Gasteiger partial charge in [0.1, 0.15) is 23.1 Å². The summed E-state index contributed by atoms with van der Waals surface area (Å²) in [4.78, 5) is 41.7. The third-order valence-corrected chi connectivity index (χ3v) is 9.61. The molecule has 15 heteroatoms. The average molecular weight is 635 g/mol. The summed E-state index contributed by atoms with van der Waals surface area (Å²) in [7, 11) is -4.42. The van der Waals surface area contributed by atoms with Crippen molar-refractivity contribution in [1.29, 1.82) is 0 Å². The summed E-state index contributed by atoms with van der Waals surface area (Å²) >= 11 is 12.2. The Kier molecular flexibility index (Phi) is 8.66. The van der Waals surface area contributed by atoms with Crippen LogP contribution in [0.4, 0.5) is 13.2 Å². The van der Waals surface area contributed by atoms with Crippen LogP contribution in [0.2, 0.25) is 10.0 Å². The van der Waals surface area contributed by atoms with E-state index in [9.17, 15) is 36.0 Å². The first-order chi connectivity index (χ1) is 19.0. The van der Waals surface area contributed by atoms with Gasteiger partial charge in [-0.25, -0.2) is 8.42 Å². The van der Waals surface area contributed by atoms with Gasteiger partial charge in [0, 0.05) is 31.0 Å². The zero-order valence-electron chi connectivity index (χ0n) is 22.2. The van der Waals surface area contributed by atoms with Gasteiger partial charge in [-0.15, -0.1) is 0 Å². The van der Waals surface area contributed by atoms with Crippen LogP contribution in [0.3, 0.4) is 0 Å². The maximum absolute atomic E-state index is 14.0. The minimum absolute atomic E-state index is 0.161. The van der Waals surface area contributed by atoms with Gasteiger partial charge in [-0.3, -0.25) is 14.4 Å². The van der Waals surface area contributed by atoms with Crippen molar-refractivity contribution < 1.29 is 36.0 Å². The number of halogens is 5. The molecule has 2 aromatic carbocycles. The van der Waals surface area contributed by atoms with Crippen molar-refractivity contribution in [2.75, 3.05) is 13.1 Å². The minimum atomic E-state index is -4.56. The highest BCUT2D eigenvalue weighted by Gasteiger charge is 2.54. The van der Waals surface area contributed by atoms with E-state index >= 15 is 0 Å². The number of piperazine rings is 1. The summed E-state index contributed by atoms with van der Waals surface area (Å²) in [6, 6.07) is 4.99. The molecule has 1 N–H and O–H groups in total. The summed E-state index contributed by atoms with van der Waals surface area (Å²) < 4.78 is 68.4. The zero-order chi connectivity index (χ0) is 30.4. The van der Waals surface area contributed by atoms with E-state index < -0.39 is 70.3 Å². The first-order valence-corrected chi connectivity index (χ1v) is 14.7. The highest BCUT2D eigenvalue weighted by Crippen LogP contribution is 2.35. The Labute approximate surface area is 245 Å². The molecule has 41 heavy (non-hydrogen) atoms. The number of rotatable bonds is 6. The Morgan fingerprint density at radius 1 is 1.05 bits per heavy atom. The van der Waals surface area contributed by atoms with E-state index in [2.05, 4.69) is 5.32 Å². The Hall–Kier alpha value is -2.87. The Bertz CT molecular complexity index is 1470. The van der Waals surface area contributed by atoms with Crippen LogP contribution in [0.1, 0.15) is 31.9 Å². The first kappa shape index (κ1) is 31.1. The summed E-state index contributed by atoms with van der Waals surface area (Å²) in [5, 5.41) is 2.50. The number of nitrogens with zero attached hydrogens (tertiary/aromatic N) is 3. The second-order valence-electron chi connectivity index (χ2n) is 10.1. The number of nitrogens with one attached hydrogen (secondary N) is 1. The molecular formula is C26H27Cl2F3N4O5S. The van der Waals surface area contributed by atoms with Gasteiger partial charge in [0.2, 0.25) is 27.7 Å². The number of hydrogen-bond acceptors (Lipinski definition) is 5. The molecular weight excluding hydrogens is 608 g/mol. The van der Waals surface area contributed by atoms with Gasteiger partial charge < -0.3 is 15.1 Å². The molecule has 0 spiro atoms. The van der Waals surface area contributed by atoms with Crippen LogP contribution < -0.4 is 5.32 Å². The number of amides is 3. The molecule has 2 aromatic rings. The number of carbonyl (C=O) groups excluding carboxylic acids is 3. The lowest BCUT2D eigenvalue weighted by Gasteiger charge is -2.54. The van der Waals surface area contributed by atoms with Crippen LogP contribution >= 0.6 is 23.2 Å². The van der Waals surface area contributed by atoms with Crippen LogP contribution in [0.15, 0.2) is 47.4 Å². The Morgan fingerprint density at radius 2 is 1.68 bits per heavy atom. The molecule has 2 aliphatic rings. The lowest BCUT2D eigenvalue weighted by atomic mass is 9.96. The lowest BCUT2D eigenvalue weighted by molar-refractivity contribution is -0.169. The molecule has 2 heterocycles. The summed E-state index contributed by atoms with van der Waals surface area (Å²) in [6.45, 7) is 4.00. The second kappa shape index (κ2) is 11.4. The molecule has 0 radical (unpaired) electrons. The fourth-order valence-corrected chi connectivity index (χ4v) is 7.42. The third-order valence-electron chi connectivity index (χ3n) is 7.02. The second-order valence-corrected chi connectivity index (χ2v) is 12.8. The van der Waals surface area contributed by atoms with Gasteiger partial charge in [0.15, 0.2) is 0 Å². The van der Waals surface area contributed by atoms with Gasteiger partial charge in [-0.2, -0.15) is 17.5 Å². The molecule has 9 nitrogen and oxygen atoms in total. The number of hydrogen-bond donors (Lipinski definition) is 1. The normalized spacial score (nSPS) is 22.2. The molecule has 2 fully saturated rings. The smallest absolute Gasteiger partial charge is 0.343 e. The highest BCUT2D eigenvalue weighted by atomic mass is 35.5. The molecule has 3 atom stereocenters. The summed E-state index contributed by atoms with van der Waals surface area (Å²) in [6.07, 6.45) is -5.95. The summed E-state index contributed by atoms with van der Waals surface area (Å²) in [5.74, 6) is -1.79. The predicted molar refractivity (Wildman–Crippen MR) is 144 cm³/mol. The SMILES string of the molecule is CC(=O)NC1CN(S(=O)(=O)c2ccc(Cl)cc2Cl)C2CN(C(C)C)C(=O)C(Cc3ccc(C(F)(F)F)cc3)N2C1=O. The molecule has 0 bridgehead atoms. The number of carbonyl (C=O) groups is 3. The summed E-state index contributed by atoms with van der Waals surface area (Å²) in [5.41, 5.74) is -0.555. The van der Waals surface area contributed by atoms with Gasteiger partial charge >= 0.3 is 6.18 Å². The van der Waals surface area contributed by atoms with E-state index in [0.717, 1.165) is 28.3 Å². The fourth-order valence-electron chi connectivity index (χ4n) is 5.09. The van der Waals surface area contributed by atoms with E-state index in [0.29, 0.717) is 5.56 Å². The number of sulfonamides is 1.